The summed E-state index contributed by atoms with van der Waals surface area (Å²) in [6.07, 6.45) is -0.692. The summed E-state index contributed by atoms with van der Waals surface area (Å²) in [6.45, 7) is 10.8. The third-order valence-corrected chi connectivity index (χ3v) is 3.75. The molecular weight excluding hydrogens is 376 g/mol. The van der Waals surface area contributed by atoms with Crippen molar-refractivity contribution in [3.05, 3.63) is 29.8 Å². The number of amides is 1. The largest absolute Gasteiger partial charge is 0.467 e. The van der Waals surface area contributed by atoms with E-state index in [0.29, 0.717) is 19.8 Å². The first-order chi connectivity index (χ1) is 13.7. The standard InChI is InChI=1S/C21H34N2O6/c1-7-27-18(28-8-2)14-22-16-11-9-15(10-12-16)13-17(19(24)26-6)23-20(25)29-21(3,4)5/h9-12,17-18,22H,7-8,13-14H2,1-6H3,(H,23,25). The average Bonchev–Trinajstić information content (AvgIpc) is 2.65. The number of anilines is 1. The van der Waals surface area contributed by atoms with Crippen LogP contribution in [0, 0.1) is 0 Å². The molecule has 2 N–H and O–H groups in total. The van der Waals surface area contributed by atoms with Gasteiger partial charge in [-0.2, -0.15) is 0 Å². The molecule has 0 aliphatic rings. The van der Waals surface area contributed by atoms with Crippen molar-refractivity contribution < 1.29 is 28.5 Å². The first kappa shape index (κ1) is 24.7. The number of hydrogen-bond acceptors (Lipinski definition) is 7. The van der Waals surface area contributed by atoms with Crippen molar-refractivity contribution in [2.24, 2.45) is 0 Å². The Labute approximate surface area is 173 Å². The molecule has 1 aromatic carbocycles. The van der Waals surface area contributed by atoms with E-state index in [4.69, 9.17) is 18.9 Å². The second kappa shape index (κ2) is 12.3. The van der Waals surface area contributed by atoms with Crippen LogP contribution in [0.25, 0.3) is 0 Å². The second-order valence-electron chi connectivity index (χ2n) is 7.34. The summed E-state index contributed by atoms with van der Waals surface area (Å²) in [5, 5.41) is 5.83. The number of nitrogens with one attached hydrogen (secondary N) is 2. The maximum Gasteiger partial charge on any atom is 0.408 e. The van der Waals surface area contributed by atoms with Crippen LogP contribution in [0.1, 0.15) is 40.2 Å². The highest BCUT2D eigenvalue weighted by atomic mass is 16.7. The fourth-order valence-electron chi connectivity index (χ4n) is 2.52. The van der Waals surface area contributed by atoms with Crippen molar-refractivity contribution in [2.45, 2.75) is 59.0 Å². The average molecular weight is 411 g/mol. The summed E-state index contributed by atoms with van der Waals surface area (Å²) in [7, 11) is 1.28. The van der Waals surface area contributed by atoms with Crippen LogP contribution < -0.4 is 10.6 Å². The molecule has 0 heterocycles. The Balaban J connectivity index is 2.68. The normalized spacial score (nSPS) is 12.4. The van der Waals surface area contributed by atoms with Crippen molar-refractivity contribution in [3.8, 4) is 0 Å². The Kier molecular flexibility index (Phi) is 10.5. The van der Waals surface area contributed by atoms with Gasteiger partial charge in [-0.05, 0) is 52.3 Å². The van der Waals surface area contributed by atoms with Gasteiger partial charge in [0.15, 0.2) is 6.29 Å². The lowest BCUT2D eigenvalue weighted by Crippen LogP contribution is -2.45. The van der Waals surface area contributed by atoms with E-state index in [1.807, 2.05) is 38.1 Å². The Morgan fingerprint density at radius 1 is 1.03 bits per heavy atom. The molecule has 1 rings (SSSR count). The molecule has 1 atom stereocenters. The van der Waals surface area contributed by atoms with Crippen LogP contribution in [0.2, 0.25) is 0 Å². The van der Waals surface area contributed by atoms with E-state index in [1.54, 1.807) is 20.8 Å². The number of alkyl carbamates (subject to hydrolysis) is 1. The van der Waals surface area contributed by atoms with Crippen LogP contribution in [0.5, 0.6) is 0 Å². The van der Waals surface area contributed by atoms with E-state index < -0.39 is 23.7 Å². The number of carbonyl (C=O) groups excluding carboxylic acids is 2. The van der Waals surface area contributed by atoms with Gasteiger partial charge in [-0.3, -0.25) is 0 Å². The number of esters is 1. The van der Waals surface area contributed by atoms with Crippen LogP contribution in [0.3, 0.4) is 0 Å². The van der Waals surface area contributed by atoms with Gasteiger partial charge in [-0.15, -0.1) is 0 Å². The summed E-state index contributed by atoms with van der Waals surface area (Å²) < 4.78 is 21.0. The zero-order valence-electron chi connectivity index (χ0n) is 18.2. The van der Waals surface area contributed by atoms with Crippen LogP contribution in [-0.2, 0) is 30.2 Å². The Bertz CT molecular complexity index is 621. The van der Waals surface area contributed by atoms with Gasteiger partial charge < -0.3 is 29.6 Å². The van der Waals surface area contributed by atoms with Gasteiger partial charge in [0.25, 0.3) is 0 Å². The van der Waals surface area contributed by atoms with Gasteiger partial charge in [-0.1, -0.05) is 12.1 Å². The maximum atomic E-state index is 12.1. The zero-order chi connectivity index (χ0) is 21.9. The molecule has 0 aliphatic heterocycles. The first-order valence-electron chi connectivity index (χ1n) is 9.81. The molecule has 0 bridgehead atoms. The molecule has 0 saturated carbocycles. The van der Waals surface area contributed by atoms with Gasteiger partial charge in [0.2, 0.25) is 0 Å². The lowest BCUT2D eigenvalue weighted by atomic mass is 10.1. The van der Waals surface area contributed by atoms with Gasteiger partial charge >= 0.3 is 12.1 Å². The highest BCUT2D eigenvalue weighted by Crippen LogP contribution is 2.13. The Morgan fingerprint density at radius 2 is 1.62 bits per heavy atom. The molecule has 0 aliphatic carbocycles. The van der Waals surface area contributed by atoms with E-state index in [-0.39, 0.29) is 12.7 Å². The van der Waals surface area contributed by atoms with E-state index in [2.05, 4.69) is 10.6 Å². The highest BCUT2D eigenvalue weighted by molar-refractivity contribution is 5.81. The van der Waals surface area contributed by atoms with Crippen molar-refractivity contribution in [3.63, 3.8) is 0 Å². The number of rotatable bonds is 11. The van der Waals surface area contributed by atoms with Crippen molar-refractivity contribution in [1.29, 1.82) is 0 Å². The van der Waals surface area contributed by atoms with E-state index in [1.165, 1.54) is 7.11 Å². The summed E-state index contributed by atoms with van der Waals surface area (Å²) in [6, 6.07) is 6.71. The lowest BCUT2D eigenvalue weighted by Gasteiger charge is -2.22. The maximum absolute atomic E-state index is 12.1. The summed E-state index contributed by atoms with van der Waals surface area (Å²) in [4.78, 5) is 24.1. The molecule has 1 unspecified atom stereocenters. The highest BCUT2D eigenvalue weighted by Gasteiger charge is 2.25. The number of carbonyl (C=O) groups is 2. The SMILES string of the molecule is CCOC(CNc1ccc(CC(NC(=O)OC(C)(C)C)C(=O)OC)cc1)OCC. The molecule has 29 heavy (non-hydrogen) atoms. The molecule has 164 valence electrons. The van der Waals surface area contributed by atoms with Crippen molar-refractivity contribution in [2.75, 3.05) is 32.2 Å². The van der Waals surface area contributed by atoms with Crippen LogP contribution in [-0.4, -0.2) is 56.9 Å². The molecule has 8 nitrogen and oxygen atoms in total. The van der Waals surface area contributed by atoms with E-state index in [9.17, 15) is 9.59 Å². The minimum Gasteiger partial charge on any atom is -0.467 e. The molecule has 0 spiro atoms. The third-order valence-electron chi connectivity index (χ3n) is 3.75. The van der Waals surface area contributed by atoms with Crippen LogP contribution in [0.15, 0.2) is 24.3 Å². The van der Waals surface area contributed by atoms with Crippen molar-refractivity contribution in [1.82, 2.24) is 5.32 Å². The molecule has 0 radical (unpaired) electrons. The Morgan fingerprint density at radius 3 is 2.10 bits per heavy atom. The first-order valence-corrected chi connectivity index (χ1v) is 9.81. The summed E-state index contributed by atoms with van der Waals surface area (Å²) in [5.41, 5.74) is 1.11. The summed E-state index contributed by atoms with van der Waals surface area (Å²) in [5.74, 6) is -0.533. The van der Waals surface area contributed by atoms with Gasteiger partial charge in [0.1, 0.15) is 11.6 Å². The molecule has 8 heteroatoms. The predicted molar refractivity (Wildman–Crippen MR) is 111 cm³/mol. The molecule has 1 aromatic rings. The van der Waals surface area contributed by atoms with Gasteiger partial charge in [-0.25, -0.2) is 9.59 Å². The zero-order valence-corrected chi connectivity index (χ0v) is 18.2. The number of ether oxygens (including phenoxy) is 4. The number of methoxy groups -OCH3 is 1. The molecule has 0 aromatic heterocycles. The molecule has 0 saturated heterocycles. The third kappa shape index (κ3) is 10.1. The number of benzene rings is 1. The van der Waals surface area contributed by atoms with Crippen LogP contribution in [0.4, 0.5) is 10.5 Å². The predicted octanol–water partition coefficient (Wildman–Crippen LogP) is 3.11. The molecule has 1 amide bonds. The lowest BCUT2D eigenvalue weighted by molar-refractivity contribution is -0.143. The monoisotopic (exact) mass is 410 g/mol. The molecular formula is C21H34N2O6. The van der Waals surface area contributed by atoms with E-state index >= 15 is 0 Å². The fraction of sp³-hybridized carbons (Fsp3) is 0.619. The molecule has 0 fully saturated rings. The minimum atomic E-state index is -0.839. The smallest absolute Gasteiger partial charge is 0.408 e. The number of hydrogen-bond donors (Lipinski definition) is 2. The van der Waals surface area contributed by atoms with Gasteiger partial charge in [0.05, 0.1) is 13.7 Å². The summed E-state index contributed by atoms with van der Waals surface area (Å²) >= 11 is 0. The Hall–Kier alpha value is -2.32. The van der Waals surface area contributed by atoms with E-state index in [0.717, 1.165) is 11.3 Å². The van der Waals surface area contributed by atoms with Crippen molar-refractivity contribution >= 4 is 17.7 Å². The topological polar surface area (TPSA) is 95.1 Å². The van der Waals surface area contributed by atoms with Crippen LogP contribution >= 0.6 is 0 Å². The quantitative estimate of drug-likeness (QED) is 0.427. The van der Waals surface area contributed by atoms with Gasteiger partial charge in [0, 0.05) is 25.3 Å². The second-order valence-corrected chi connectivity index (χ2v) is 7.34. The fourth-order valence-corrected chi connectivity index (χ4v) is 2.52. The minimum absolute atomic E-state index is 0.284.